The molecule has 6 heteroatoms. The van der Waals surface area contributed by atoms with Gasteiger partial charge < -0.3 is 5.32 Å². The van der Waals surface area contributed by atoms with Gasteiger partial charge in [0, 0.05) is 5.69 Å². The first-order valence-electron chi connectivity index (χ1n) is 6.43. The van der Waals surface area contributed by atoms with Crippen molar-refractivity contribution >= 4 is 11.6 Å². The van der Waals surface area contributed by atoms with Gasteiger partial charge in [-0.2, -0.15) is 0 Å². The fourth-order valence-corrected chi connectivity index (χ4v) is 1.91. The molecule has 3 rings (SSSR count). The number of benzene rings is 1. The third-order valence-corrected chi connectivity index (χ3v) is 3.04. The highest BCUT2D eigenvalue weighted by Gasteiger charge is 2.10. The standard InChI is InChI=1S/C15H13N5O/c1-11-5-2-3-6-12(11)19-15(21)13-7-4-8-14(18-13)20-9-16-17-10-20/h2-10H,1H3,(H,19,21). The quantitative estimate of drug-likeness (QED) is 0.798. The van der Waals surface area contributed by atoms with Crippen molar-refractivity contribution in [2.24, 2.45) is 0 Å². The summed E-state index contributed by atoms with van der Waals surface area (Å²) >= 11 is 0. The van der Waals surface area contributed by atoms with Crippen molar-refractivity contribution in [2.75, 3.05) is 5.32 Å². The summed E-state index contributed by atoms with van der Waals surface area (Å²) in [5, 5.41) is 10.3. The average Bonchev–Trinajstić information content (AvgIpc) is 3.04. The fraction of sp³-hybridized carbons (Fsp3) is 0.0667. The Kier molecular flexibility index (Phi) is 3.42. The van der Waals surface area contributed by atoms with Crippen molar-refractivity contribution in [3.8, 4) is 5.82 Å². The van der Waals surface area contributed by atoms with Gasteiger partial charge in [0.15, 0.2) is 0 Å². The SMILES string of the molecule is Cc1ccccc1NC(=O)c1cccc(-n2cnnc2)n1. The lowest BCUT2D eigenvalue weighted by atomic mass is 10.2. The maximum absolute atomic E-state index is 12.3. The number of carbonyl (C=O) groups is 1. The van der Waals surface area contributed by atoms with Gasteiger partial charge in [0.05, 0.1) is 0 Å². The Balaban J connectivity index is 1.85. The van der Waals surface area contributed by atoms with Gasteiger partial charge in [0.1, 0.15) is 24.2 Å². The highest BCUT2D eigenvalue weighted by Crippen LogP contribution is 2.14. The summed E-state index contributed by atoms with van der Waals surface area (Å²) in [5.41, 5.74) is 2.12. The van der Waals surface area contributed by atoms with Crippen LogP contribution in [0.25, 0.3) is 5.82 Å². The summed E-state index contributed by atoms with van der Waals surface area (Å²) < 4.78 is 1.64. The Morgan fingerprint density at radius 3 is 2.57 bits per heavy atom. The molecule has 0 bridgehead atoms. The summed E-state index contributed by atoms with van der Waals surface area (Å²) in [6.45, 7) is 1.94. The number of carbonyl (C=O) groups excluding carboxylic acids is 1. The smallest absolute Gasteiger partial charge is 0.274 e. The number of rotatable bonds is 3. The number of nitrogens with zero attached hydrogens (tertiary/aromatic N) is 4. The van der Waals surface area contributed by atoms with Crippen LogP contribution in [0.5, 0.6) is 0 Å². The topological polar surface area (TPSA) is 72.7 Å². The second kappa shape index (κ2) is 5.54. The van der Waals surface area contributed by atoms with Crippen molar-refractivity contribution in [1.29, 1.82) is 0 Å². The van der Waals surface area contributed by atoms with E-state index in [2.05, 4.69) is 20.5 Å². The van der Waals surface area contributed by atoms with E-state index in [9.17, 15) is 4.79 Å². The molecule has 104 valence electrons. The molecule has 0 radical (unpaired) electrons. The van der Waals surface area contributed by atoms with Crippen molar-refractivity contribution in [1.82, 2.24) is 19.7 Å². The second-order valence-electron chi connectivity index (χ2n) is 4.52. The van der Waals surface area contributed by atoms with Gasteiger partial charge in [-0.1, -0.05) is 24.3 Å². The van der Waals surface area contributed by atoms with Crippen molar-refractivity contribution in [2.45, 2.75) is 6.92 Å². The Morgan fingerprint density at radius 1 is 1.05 bits per heavy atom. The van der Waals surface area contributed by atoms with Crippen LogP contribution in [0.4, 0.5) is 5.69 Å². The minimum absolute atomic E-state index is 0.251. The maximum atomic E-state index is 12.3. The lowest BCUT2D eigenvalue weighted by molar-refractivity contribution is 0.102. The second-order valence-corrected chi connectivity index (χ2v) is 4.52. The Bertz CT molecular complexity index is 767. The third-order valence-electron chi connectivity index (χ3n) is 3.04. The molecule has 0 unspecified atom stereocenters. The van der Waals surface area contributed by atoms with Gasteiger partial charge in [-0.05, 0) is 30.7 Å². The van der Waals surface area contributed by atoms with E-state index >= 15 is 0 Å². The summed E-state index contributed by atoms with van der Waals surface area (Å²) in [6, 6.07) is 12.8. The van der Waals surface area contributed by atoms with Crippen LogP contribution in [0.2, 0.25) is 0 Å². The molecular formula is C15H13N5O. The van der Waals surface area contributed by atoms with E-state index in [1.807, 2.05) is 31.2 Å². The minimum Gasteiger partial charge on any atom is -0.320 e. The van der Waals surface area contributed by atoms with Crippen LogP contribution in [0.15, 0.2) is 55.1 Å². The van der Waals surface area contributed by atoms with E-state index in [0.29, 0.717) is 11.5 Å². The van der Waals surface area contributed by atoms with E-state index in [-0.39, 0.29) is 5.91 Å². The summed E-state index contributed by atoms with van der Waals surface area (Å²) in [5.74, 6) is 0.344. The molecule has 0 aliphatic rings. The van der Waals surface area contributed by atoms with Crippen LogP contribution in [0.3, 0.4) is 0 Å². The number of hydrogen-bond acceptors (Lipinski definition) is 4. The Morgan fingerprint density at radius 2 is 1.81 bits per heavy atom. The highest BCUT2D eigenvalue weighted by molar-refractivity contribution is 6.03. The minimum atomic E-state index is -0.251. The molecule has 0 fully saturated rings. The fourth-order valence-electron chi connectivity index (χ4n) is 1.91. The van der Waals surface area contributed by atoms with E-state index in [4.69, 9.17) is 0 Å². The van der Waals surface area contributed by atoms with Gasteiger partial charge >= 0.3 is 0 Å². The number of nitrogens with one attached hydrogen (secondary N) is 1. The molecule has 0 aliphatic heterocycles. The molecule has 6 nitrogen and oxygen atoms in total. The van der Waals surface area contributed by atoms with Gasteiger partial charge in [0.25, 0.3) is 5.91 Å². The molecule has 0 spiro atoms. The lowest BCUT2D eigenvalue weighted by Crippen LogP contribution is -2.15. The summed E-state index contributed by atoms with van der Waals surface area (Å²) in [4.78, 5) is 16.6. The molecule has 0 atom stereocenters. The lowest BCUT2D eigenvalue weighted by Gasteiger charge is -2.08. The predicted octanol–water partition coefficient (Wildman–Crippen LogP) is 2.22. The molecular weight excluding hydrogens is 266 g/mol. The zero-order valence-corrected chi connectivity index (χ0v) is 11.4. The van der Waals surface area contributed by atoms with Crippen LogP contribution in [0, 0.1) is 6.92 Å². The highest BCUT2D eigenvalue weighted by atomic mass is 16.1. The van der Waals surface area contributed by atoms with E-state index < -0.39 is 0 Å². The molecule has 3 aromatic rings. The van der Waals surface area contributed by atoms with Crippen molar-refractivity contribution < 1.29 is 4.79 Å². The molecule has 1 amide bonds. The average molecular weight is 279 g/mol. The normalized spacial score (nSPS) is 10.3. The number of anilines is 1. The molecule has 0 saturated heterocycles. The number of para-hydroxylation sites is 1. The number of aryl methyl sites for hydroxylation is 1. The predicted molar refractivity (Wildman–Crippen MR) is 78.3 cm³/mol. The Hall–Kier alpha value is -3.02. The monoisotopic (exact) mass is 279 g/mol. The van der Waals surface area contributed by atoms with Crippen LogP contribution in [-0.4, -0.2) is 25.7 Å². The van der Waals surface area contributed by atoms with Crippen molar-refractivity contribution in [3.63, 3.8) is 0 Å². The molecule has 2 heterocycles. The molecule has 1 aromatic carbocycles. The third kappa shape index (κ3) is 2.79. The van der Waals surface area contributed by atoms with Gasteiger partial charge in [-0.3, -0.25) is 9.36 Å². The first-order chi connectivity index (χ1) is 10.2. The van der Waals surface area contributed by atoms with E-state index in [1.165, 1.54) is 12.7 Å². The van der Waals surface area contributed by atoms with Gasteiger partial charge in [0.2, 0.25) is 0 Å². The van der Waals surface area contributed by atoms with Crippen LogP contribution in [-0.2, 0) is 0 Å². The number of aromatic nitrogens is 4. The molecule has 21 heavy (non-hydrogen) atoms. The van der Waals surface area contributed by atoms with E-state index in [1.54, 1.807) is 22.8 Å². The summed E-state index contributed by atoms with van der Waals surface area (Å²) in [6.07, 6.45) is 3.07. The zero-order chi connectivity index (χ0) is 14.7. The number of amides is 1. The Labute approximate surface area is 121 Å². The largest absolute Gasteiger partial charge is 0.320 e. The van der Waals surface area contributed by atoms with Crippen molar-refractivity contribution in [3.05, 3.63) is 66.4 Å². The maximum Gasteiger partial charge on any atom is 0.274 e. The van der Waals surface area contributed by atoms with E-state index in [0.717, 1.165) is 11.3 Å². The molecule has 2 aromatic heterocycles. The number of pyridine rings is 1. The first-order valence-corrected chi connectivity index (χ1v) is 6.43. The van der Waals surface area contributed by atoms with Gasteiger partial charge in [-0.15, -0.1) is 10.2 Å². The summed E-state index contributed by atoms with van der Waals surface area (Å²) in [7, 11) is 0. The molecule has 0 saturated carbocycles. The van der Waals surface area contributed by atoms with Crippen LogP contribution < -0.4 is 5.32 Å². The first kappa shape index (κ1) is 13.0. The zero-order valence-electron chi connectivity index (χ0n) is 11.4. The molecule has 1 N–H and O–H groups in total. The van der Waals surface area contributed by atoms with Crippen LogP contribution >= 0.6 is 0 Å². The van der Waals surface area contributed by atoms with Crippen LogP contribution in [0.1, 0.15) is 16.1 Å². The number of hydrogen-bond donors (Lipinski definition) is 1. The molecule has 0 aliphatic carbocycles. The van der Waals surface area contributed by atoms with Gasteiger partial charge in [-0.25, -0.2) is 4.98 Å².